The molecule has 0 bridgehead atoms. The second-order valence-electron chi connectivity index (χ2n) is 0. The van der Waals surface area contributed by atoms with Crippen LogP contribution < -0.4 is 0 Å². The molecule has 0 nitrogen and oxygen atoms in total. The molecule has 5 radical (unpaired) electrons. The fraction of sp³-hybridized carbons (Fsp3) is 0. The molecule has 0 aromatic rings. The van der Waals surface area contributed by atoms with E-state index in [0.717, 1.165) is 0 Å². The van der Waals surface area contributed by atoms with Crippen molar-refractivity contribution in [3.05, 3.63) is 0 Å². The third kappa shape index (κ3) is 25.8. The van der Waals surface area contributed by atoms with Crippen molar-refractivity contribution in [3.8, 4) is 0 Å². The molecule has 0 heterocycles. The van der Waals surface area contributed by atoms with E-state index >= 15 is 0 Å². The maximum Gasteiger partial charge on any atom is 0 e. The average molecular weight is 263 g/mol. The van der Waals surface area contributed by atoms with E-state index in [2.05, 4.69) is 0 Å². The Balaban J connectivity index is 0. The fourth-order valence-electron chi connectivity index (χ4n) is 0. The molecule has 0 fully saturated rings. The Morgan fingerprint density at radius 2 is 0.333 bits per heavy atom. The number of hydrogen-bond donors (Lipinski definition) is 0. The standard InChI is InChI=1S/Li.5V.H. The molecule has 6 heavy (non-hydrogen) atoms. The molecule has 0 aromatic heterocycles. The van der Waals surface area contributed by atoms with Crippen LogP contribution in [0.5, 0.6) is 0 Å². The van der Waals surface area contributed by atoms with Crippen molar-refractivity contribution < 1.29 is 92.8 Å². The SMILES string of the molecule is [LiH].[V].[V].[V].[V].[V]. The summed E-state index contributed by atoms with van der Waals surface area (Å²) in [5.74, 6) is 0. The van der Waals surface area contributed by atoms with E-state index in [1.807, 2.05) is 0 Å². The zero-order chi connectivity index (χ0) is 0. The van der Waals surface area contributed by atoms with E-state index in [1.165, 1.54) is 0 Å². The molecule has 0 aliphatic heterocycles. The topological polar surface area (TPSA) is 0 Å². The smallest absolute Gasteiger partial charge is 0 e. The van der Waals surface area contributed by atoms with E-state index in [1.54, 1.807) is 0 Å². The van der Waals surface area contributed by atoms with Crippen molar-refractivity contribution in [3.63, 3.8) is 0 Å². The Kier molecular flexibility index (Phi) is 362. The van der Waals surface area contributed by atoms with Gasteiger partial charge in [-0.05, 0) is 0 Å². The van der Waals surface area contributed by atoms with Gasteiger partial charge in [0.2, 0.25) is 0 Å². The van der Waals surface area contributed by atoms with Crippen molar-refractivity contribution in [2.45, 2.75) is 0 Å². The Labute approximate surface area is 110 Å². The Bertz CT molecular complexity index is 3.90. The first-order valence-electron chi connectivity index (χ1n) is 0. The predicted octanol–water partition coefficient (Wildman–Crippen LogP) is -0.661. The van der Waals surface area contributed by atoms with Crippen LogP contribution in [0.2, 0.25) is 0 Å². The number of rotatable bonds is 0. The van der Waals surface area contributed by atoms with Gasteiger partial charge in [0, 0.05) is 92.8 Å². The van der Waals surface area contributed by atoms with Gasteiger partial charge in [-0.3, -0.25) is 0 Å². The summed E-state index contributed by atoms with van der Waals surface area (Å²) in [5, 5.41) is 0. The molecule has 0 saturated heterocycles. The van der Waals surface area contributed by atoms with Gasteiger partial charge in [-0.25, -0.2) is 0 Å². The molecule has 0 atom stereocenters. The molecule has 0 spiro atoms. The monoisotopic (exact) mass is 263 g/mol. The van der Waals surface area contributed by atoms with Gasteiger partial charge in [0.1, 0.15) is 0 Å². The zero-order valence-corrected chi connectivity index (χ0v) is 9.22. The van der Waals surface area contributed by atoms with Crippen LogP contribution in [0.4, 0.5) is 0 Å². The maximum absolute atomic E-state index is 0. The molecule has 0 aromatic carbocycles. The van der Waals surface area contributed by atoms with Crippen molar-refractivity contribution in [2.24, 2.45) is 0 Å². The summed E-state index contributed by atoms with van der Waals surface area (Å²) >= 11 is 0. The summed E-state index contributed by atoms with van der Waals surface area (Å²) < 4.78 is 0. The van der Waals surface area contributed by atoms with Crippen LogP contribution in [0.1, 0.15) is 0 Å². The van der Waals surface area contributed by atoms with Gasteiger partial charge in [0.25, 0.3) is 0 Å². The maximum atomic E-state index is 0. The van der Waals surface area contributed by atoms with Crippen LogP contribution >= 0.6 is 0 Å². The van der Waals surface area contributed by atoms with Gasteiger partial charge in [-0.1, -0.05) is 0 Å². The zero-order valence-electron chi connectivity index (χ0n) is 2.24. The fourth-order valence-corrected chi connectivity index (χ4v) is 0. The summed E-state index contributed by atoms with van der Waals surface area (Å²) in [7, 11) is 0. The minimum absolute atomic E-state index is 0. The third-order valence-electron chi connectivity index (χ3n) is 0. The first-order chi connectivity index (χ1) is 0. The van der Waals surface area contributed by atoms with Crippen LogP contribution in [0.25, 0.3) is 0 Å². The average Bonchev–Trinajstić information content (AvgIpc) is 0. The van der Waals surface area contributed by atoms with Crippen molar-refractivity contribution in [1.29, 1.82) is 0 Å². The van der Waals surface area contributed by atoms with E-state index < -0.39 is 0 Å². The molecule has 0 aliphatic carbocycles. The Hall–Kier alpha value is 3.52. The second-order valence-corrected chi connectivity index (χ2v) is 0. The van der Waals surface area contributed by atoms with E-state index in [0.29, 0.717) is 0 Å². The van der Waals surface area contributed by atoms with Gasteiger partial charge < -0.3 is 0 Å². The molecule has 6 heteroatoms. The minimum atomic E-state index is 0. The quantitative estimate of drug-likeness (QED) is 0.509. The molecule has 0 unspecified atom stereocenters. The molecule has 0 aliphatic rings. The molecular formula is HLiV5. The molecule has 0 rings (SSSR count). The van der Waals surface area contributed by atoms with Gasteiger partial charge in [0.15, 0.2) is 0 Å². The molecule has 27 valence electrons. The van der Waals surface area contributed by atoms with Gasteiger partial charge in [-0.15, -0.1) is 0 Å². The van der Waals surface area contributed by atoms with Crippen LogP contribution in [0.3, 0.4) is 0 Å². The summed E-state index contributed by atoms with van der Waals surface area (Å²) in [5.41, 5.74) is 0. The van der Waals surface area contributed by atoms with Gasteiger partial charge >= 0.3 is 18.9 Å². The molecule has 0 amide bonds. The van der Waals surface area contributed by atoms with Gasteiger partial charge in [0.05, 0.1) is 0 Å². The summed E-state index contributed by atoms with van der Waals surface area (Å²) in [4.78, 5) is 0. The number of hydrogen-bond acceptors (Lipinski definition) is 0. The normalized spacial score (nSPS) is 0. The van der Waals surface area contributed by atoms with E-state index in [4.69, 9.17) is 0 Å². The van der Waals surface area contributed by atoms with Crippen LogP contribution in [0, 0.1) is 0 Å². The summed E-state index contributed by atoms with van der Waals surface area (Å²) in [6.45, 7) is 0. The van der Waals surface area contributed by atoms with Crippen molar-refractivity contribution in [2.75, 3.05) is 0 Å². The third-order valence-corrected chi connectivity index (χ3v) is 0. The van der Waals surface area contributed by atoms with E-state index in [9.17, 15) is 0 Å². The van der Waals surface area contributed by atoms with Crippen LogP contribution in [-0.2, 0) is 92.8 Å². The Morgan fingerprint density at radius 3 is 0.333 bits per heavy atom. The second kappa shape index (κ2) is 38.9. The largest absolute Gasteiger partial charge is 0 e. The predicted molar refractivity (Wildman–Crippen MR) is 7.15 cm³/mol. The first-order valence-corrected chi connectivity index (χ1v) is 0. The van der Waals surface area contributed by atoms with Gasteiger partial charge in [-0.2, -0.15) is 0 Å². The molecule has 0 N–H and O–H groups in total. The van der Waals surface area contributed by atoms with Crippen LogP contribution in [0.15, 0.2) is 0 Å². The first kappa shape index (κ1) is 55.8. The van der Waals surface area contributed by atoms with Crippen molar-refractivity contribution >= 4 is 18.9 Å². The summed E-state index contributed by atoms with van der Waals surface area (Å²) in [6, 6.07) is 0. The van der Waals surface area contributed by atoms with E-state index in [-0.39, 0.29) is 112 Å². The van der Waals surface area contributed by atoms with Crippen molar-refractivity contribution in [1.82, 2.24) is 0 Å². The van der Waals surface area contributed by atoms with Crippen LogP contribution in [-0.4, -0.2) is 18.9 Å². The molecular weight excluding hydrogens is 262 g/mol. The molecule has 0 saturated carbocycles. The minimum Gasteiger partial charge on any atom is 0 e. The Morgan fingerprint density at radius 1 is 0.333 bits per heavy atom. The summed E-state index contributed by atoms with van der Waals surface area (Å²) in [6.07, 6.45) is 0.